The predicted octanol–water partition coefficient (Wildman–Crippen LogP) is 16.1. The fourth-order valence-corrected chi connectivity index (χ4v) is 9.51. The third kappa shape index (κ3) is 7.39. The van der Waals surface area contributed by atoms with Crippen molar-refractivity contribution < 1.29 is 4.74 Å². The SMILES string of the molecule is Cc1cc(-n2c3ccccc3c3ccc(Oc4cccc(N5CN(c6cc(C(C)(C)C)cc(C(C)(C)C)c6)c6ccccc65)c4)cc32)ncc1-c1c(C)cc(-c2ccccc2)cc1C. The lowest BCUT2D eigenvalue weighted by atomic mass is 9.80. The number of rotatable bonds is 7. The Morgan fingerprint density at radius 2 is 1.09 bits per heavy atom. The summed E-state index contributed by atoms with van der Waals surface area (Å²) >= 11 is 0. The van der Waals surface area contributed by atoms with Crippen molar-refractivity contribution in [3.8, 4) is 39.6 Å². The number of aryl methyl sites for hydroxylation is 3. The third-order valence-electron chi connectivity index (χ3n) is 13.0. The molecule has 10 rings (SSSR count). The van der Waals surface area contributed by atoms with Gasteiger partial charge >= 0.3 is 0 Å². The van der Waals surface area contributed by atoms with Crippen molar-refractivity contribution in [1.82, 2.24) is 9.55 Å². The molecule has 64 heavy (non-hydrogen) atoms. The van der Waals surface area contributed by atoms with E-state index >= 15 is 0 Å². The van der Waals surface area contributed by atoms with Gasteiger partial charge in [0.15, 0.2) is 0 Å². The van der Waals surface area contributed by atoms with Gasteiger partial charge in [-0.15, -0.1) is 0 Å². The van der Waals surface area contributed by atoms with Crippen LogP contribution in [0.5, 0.6) is 11.5 Å². The lowest BCUT2D eigenvalue weighted by molar-refractivity contribution is 0.483. The first-order valence-corrected chi connectivity index (χ1v) is 22.5. The Morgan fingerprint density at radius 3 is 1.77 bits per heavy atom. The second kappa shape index (κ2) is 15.6. The van der Waals surface area contributed by atoms with Crippen molar-refractivity contribution >= 4 is 44.6 Å². The van der Waals surface area contributed by atoms with E-state index in [9.17, 15) is 0 Å². The summed E-state index contributed by atoms with van der Waals surface area (Å²) in [7, 11) is 0. The van der Waals surface area contributed by atoms with Crippen LogP contribution in [0, 0.1) is 20.8 Å². The van der Waals surface area contributed by atoms with E-state index in [1.807, 2.05) is 6.07 Å². The molecule has 1 aliphatic heterocycles. The van der Waals surface area contributed by atoms with E-state index in [1.54, 1.807) is 0 Å². The summed E-state index contributed by atoms with van der Waals surface area (Å²) in [6.45, 7) is 21.1. The molecule has 0 unspecified atom stereocenters. The molecule has 0 bridgehead atoms. The van der Waals surface area contributed by atoms with Gasteiger partial charge in [0.25, 0.3) is 0 Å². The fourth-order valence-electron chi connectivity index (χ4n) is 9.51. The van der Waals surface area contributed by atoms with Crippen LogP contribution >= 0.6 is 0 Å². The summed E-state index contributed by atoms with van der Waals surface area (Å²) in [4.78, 5) is 10.0. The molecule has 3 heterocycles. The first-order valence-electron chi connectivity index (χ1n) is 22.5. The monoisotopic (exact) mass is 836 g/mol. The largest absolute Gasteiger partial charge is 0.457 e. The smallest absolute Gasteiger partial charge is 0.137 e. The van der Waals surface area contributed by atoms with Crippen molar-refractivity contribution in [2.24, 2.45) is 0 Å². The quantitative estimate of drug-likeness (QED) is 0.160. The lowest BCUT2D eigenvalue weighted by Crippen LogP contribution is -2.25. The maximum absolute atomic E-state index is 6.77. The van der Waals surface area contributed by atoms with E-state index in [0.29, 0.717) is 6.67 Å². The van der Waals surface area contributed by atoms with Crippen LogP contribution in [0.3, 0.4) is 0 Å². The molecule has 0 aliphatic carbocycles. The van der Waals surface area contributed by atoms with Gasteiger partial charge in [-0.2, -0.15) is 0 Å². The molecule has 0 radical (unpaired) electrons. The summed E-state index contributed by atoms with van der Waals surface area (Å²) in [5.41, 5.74) is 18.1. The Hall–Kier alpha value is -7.11. The molecule has 0 spiro atoms. The van der Waals surface area contributed by atoms with Gasteiger partial charge in [0, 0.05) is 46.0 Å². The molecule has 1 aliphatic rings. The molecule has 0 saturated carbocycles. The summed E-state index contributed by atoms with van der Waals surface area (Å²) in [5.74, 6) is 2.43. The molecule has 0 atom stereocenters. The number of pyridine rings is 1. The number of fused-ring (bicyclic) bond motifs is 4. The molecule has 7 aromatic carbocycles. The van der Waals surface area contributed by atoms with Crippen molar-refractivity contribution in [3.63, 3.8) is 0 Å². The van der Waals surface area contributed by atoms with Gasteiger partial charge in [-0.05, 0) is 137 Å². The van der Waals surface area contributed by atoms with E-state index in [1.165, 1.54) is 67.0 Å². The number of anilines is 4. The van der Waals surface area contributed by atoms with E-state index in [0.717, 1.165) is 45.0 Å². The minimum atomic E-state index is 0.0209. The first-order chi connectivity index (χ1) is 30.7. The number of para-hydroxylation sites is 3. The zero-order chi connectivity index (χ0) is 44.5. The van der Waals surface area contributed by atoms with E-state index in [2.05, 4.69) is 235 Å². The van der Waals surface area contributed by atoms with E-state index in [4.69, 9.17) is 9.72 Å². The van der Waals surface area contributed by atoms with Crippen molar-refractivity contribution in [1.29, 1.82) is 0 Å². The Kier molecular flexibility index (Phi) is 9.98. The van der Waals surface area contributed by atoms with Crippen LogP contribution in [-0.4, -0.2) is 16.2 Å². The second-order valence-electron chi connectivity index (χ2n) is 19.6. The van der Waals surface area contributed by atoms with Gasteiger partial charge in [-0.1, -0.05) is 126 Å². The highest BCUT2D eigenvalue weighted by Gasteiger charge is 2.30. The number of benzene rings is 7. The molecular formula is C59H56N4O. The number of ether oxygens (including phenoxy) is 1. The molecule has 0 N–H and O–H groups in total. The molecule has 2 aromatic heterocycles. The van der Waals surface area contributed by atoms with E-state index < -0.39 is 0 Å². The van der Waals surface area contributed by atoms with Gasteiger partial charge in [0.05, 0.1) is 22.4 Å². The minimum Gasteiger partial charge on any atom is -0.457 e. The number of hydrogen-bond acceptors (Lipinski definition) is 4. The van der Waals surface area contributed by atoms with Gasteiger partial charge < -0.3 is 14.5 Å². The number of aromatic nitrogens is 2. The third-order valence-corrected chi connectivity index (χ3v) is 13.0. The normalized spacial score (nSPS) is 13.0. The van der Waals surface area contributed by atoms with E-state index in [-0.39, 0.29) is 10.8 Å². The maximum atomic E-state index is 6.77. The standard InChI is InChI=1S/C59H56N4O/c1-38-30-56(60-36-51(38)57-39(2)28-42(29-40(57)3)41-18-11-10-12-19-41)63-52-23-14-13-22-49(52)50-27-26-48(35-55(50)63)64-47-21-17-20-45(34-47)61-37-62(54-25-16-15-24-53(54)61)46-32-43(58(4,5)6)31-44(33-46)59(7,8)9/h10-36H,37H2,1-9H3. The molecule has 0 fully saturated rings. The maximum Gasteiger partial charge on any atom is 0.137 e. The Balaban J connectivity index is 0.981. The van der Waals surface area contributed by atoms with Crippen LogP contribution in [0.15, 0.2) is 164 Å². The van der Waals surface area contributed by atoms with Crippen LogP contribution in [0.1, 0.15) is 69.4 Å². The zero-order valence-electron chi connectivity index (χ0n) is 38.5. The van der Waals surface area contributed by atoms with Crippen LogP contribution in [0.4, 0.5) is 22.7 Å². The molecule has 9 aromatic rings. The van der Waals surface area contributed by atoms with Crippen LogP contribution in [-0.2, 0) is 10.8 Å². The first kappa shape index (κ1) is 40.9. The average Bonchev–Trinajstić information content (AvgIpc) is 3.82. The van der Waals surface area contributed by atoms with Crippen molar-refractivity contribution in [2.75, 3.05) is 16.5 Å². The Labute approximate surface area is 378 Å². The molecular weight excluding hydrogens is 781 g/mol. The highest BCUT2D eigenvalue weighted by molar-refractivity contribution is 6.09. The van der Waals surface area contributed by atoms with Crippen LogP contribution in [0.2, 0.25) is 0 Å². The highest BCUT2D eigenvalue weighted by atomic mass is 16.5. The van der Waals surface area contributed by atoms with Gasteiger partial charge in [-0.25, -0.2) is 4.98 Å². The lowest BCUT2D eigenvalue weighted by Gasteiger charge is -2.29. The summed E-state index contributed by atoms with van der Waals surface area (Å²) in [5, 5.41) is 2.33. The van der Waals surface area contributed by atoms with Gasteiger partial charge in [-0.3, -0.25) is 4.57 Å². The Morgan fingerprint density at radius 1 is 0.484 bits per heavy atom. The van der Waals surface area contributed by atoms with Crippen LogP contribution in [0.25, 0.3) is 49.9 Å². The average molecular weight is 837 g/mol. The molecule has 0 saturated heterocycles. The zero-order valence-corrected chi connectivity index (χ0v) is 38.5. The highest BCUT2D eigenvalue weighted by Crippen LogP contribution is 2.47. The number of hydrogen-bond donors (Lipinski definition) is 0. The van der Waals surface area contributed by atoms with Crippen molar-refractivity contribution in [3.05, 3.63) is 192 Å². The Bertz CT molecular complexity index is 3180. The molecule has 5 nitrogen and oxygen atoms in total. The second-order valence-corrected chi connectivity index (χ2v) is 19.6. The van der Waals surface area contributed by atoms with Crippen LogP contribution < -0.4 is 14.5 Å². The summed E-state index contributed by atoms with van der Waals surface area (Å²) in [6.07, 6.45) is 2.05. The predicted molar refractivity (Wildman–Crippen MR) is 270 cm³/mol. The molecule has 318 valence electrons. The van der Waals surface area contributed by atoms with Gasteiger partial charge in [0.2, 0.25) is 0 Å². The van der Waals surface area contributed by atoms with Gasteiger partial charge in [0.1, 0.15) is 24.0 Å². The summed E-state index contributed by atoms with van der Waals surface area (Å²) < 4.78 is 9.05. The summed E-state index contributed by atoms with van der Waals surface area (Å²) in [6, 6.07) is 56.8. The molecule has 5 heteroatoms. The number of nitrogens with zero attached hydrogens (tertiary/aromatic N) is 4. The minimum absolute atomic E-state index is 0.0209. The molecule has 0 amide bonds. The fraction of sp³-hybridized carbons (Fsp3) is 0.203. The van der Waals surface area contributed by atoms with Crippen molar-refractivity contribution in [2.45, 2.75) is 73.1 Å². The topological polar surface area (TPSA) is 33.5 Å².